The number of hydrogen-bond donors (Lipinski definition) is 0. The molecule has 2 aromatic carbocycles. The molecule has 0 saturated heterocycles. The van der Waals surface area contributed by atoms with Gasteiger partial charge >= 0.3 is 0 Å². The molecule has 0 fully saturated rings. The van der Waals surface area contributed by atoms with Gasteiger partial charge < -0.3 is 9.64 Å². The first kappa shape index (κ1) is 15.1. The molecule has 0 saturated carbocycles. The number of nitrogens with zero attached hydrogens (tertiary/aromatic N) is 1. The maximum atomic E-state index is 12.2. The van der Waals surface area contributed by atoms with Crippen LogP contribution in [0.2, 0.25) is 5.02 Å². The van der Waals surface area contributed by atoms with Gasteiger partial charge in [-0.25, -0.2) is 0 Å². The van der Waals surface area contributed by atoms with Crippen molar-refractivity contribution >= 4 is 29.3 Å². The Labute approximate surface area is 129 Å². The van der Waals surface area contributed by atoms with Gasteiger partial charge in [0.2, 0.25) is 0 Å². The van der Waals surface area contributed by atoms with Crippen LogP contribution in [-0.4, -0.2) is 20.1 Å². The highest BCUT2D eigenvalue weighted by atomic mass is 35.5. The number of benzene rings is 2. The zero-order valence-corrected chi connectivity index (χ0v) is 12.7. The van der Waals surface area contributed by atoms with Crippen LogP contribution in [0.3, 0.4) is 0 Å². The third-order valence-electron chi connectivity index (χ3n) is 3.06. The monoisotopic (exact) mass is 301 g/mol. The molecule has 0 atom stereocenters. The summed E-state index contributed by atoms with van der Waals surface area (Å²) >= 11 is 5.82. The van der Waals surface area contributed by atoms with Crippen LogP contribution in [0, 0.1) is 0 Å². The summed E-state index contributed by atoms with van der Waals surface area (Å²) in [5, 5.41) is 0.673. The summed E-state index contributed by atoms with van der Waals surface area (Å²) in [6.45, 7) is 0. The van der Waals surface area contributed by atoms with E-state index in [1.165, 1.54) is 6.08 Å². The van der Waals surface area contributed by atoms with Crippen molar-refractivity contribution in [1.29, 1.82) is 0 Å². The van der Waals surface area contributed by atoms with Crippen LogP contribution >= 0.6 is 11.6 Å². The van der Waals surface area contributed by atoms with Crippen LogP contribution in [0.4, 0.5) is 5.69 Å². The normalized spacial score (nSPS) is 10.6. The number of ether oxygens (including phenoxy) is 1. The zero-order valence-electron chi connectivity index (χ0n) is 11.9. The van der Waals surface area contributed by atoms with Gasteiger partial charge in [-0.3, -0.25) is 4.79 Å². The summed E-state index contributed by atoms with van der Waals surface area (Å²) < 4.78 is 5.16. The van der Waals surface area contributed by atoms with E-state index in [0.717, 1.165) is 11.3 Å². The minimum Gasteiger partial charge on any atom is -0.497 e. The van der Waals surface area contributed by atoms with E-state index in [0.29, 0.717) is 10.8 Å². The molecular formula is C17H16ClNO2. The second-order valence-corrected chi connectivity index (χ2v) is 4.92. The van der Waals surface area contributed by atoms with E-state index in [-0.39, 0.29) is 5.91 Å². The number of likely N-dealkylation sites (N-methyl/N-ethyl adjacent to an activating group) is 1. The molecule has 0 N–H and O–H groups in total. The predicted molar refractivity (Wildman–Crippen MR) is 86.9 cm³/mol. The van der Waals surface area contributed by atoms with Gasteiger partial charge in [-0.2, -0.15) is 0 Å². The van der Waals surface area contributed by atoms with Crippen LogP contribution in [0.1, 0.15) is 5.56 Å². The van der Waals surface area contributed by atoms with Gasteiger partial charge in [-0.05, 0) is 35.9 Å². The van der Waals surface area contributed by atoms with E-state index in [1.807, 2.05) is 36.4 Å². The van der Waals surface area contributed by atoms with Crippen LogP contribution in [-0.2, 0) is 4.79 Å². The average Bonchev–Trinajstić information content (AvgIpc) is 2.53. The Morgan fingerprint density at radius 3 is 2.57 bits per heavy atom. The molecule has 0 aliphatic heterocycles. The number of rotatable bonds is 4. The number of hydrogen-bond acceptors (Lipinski definition) is 2. The summed E-state index contributed by atoms with van der Waals surface area (Å²) in [6, 6.07) is 14.7. The molecule has 0 aromatic heterocycles. The molecule has 0 heterocycles. The van der Waals surface area contributed by atoms with Crippen LogP contribution in [0.25, 0.3) is 6.08 Å². The molecule has 0 aliphatic carbocycles. The Bertz CT molecular complexity index is 650. The van der Waals surface area contributed by atoms with Gasteiger partial charge in [0.25, 0.3) is 5.91 Å². The van der Waals surface area contributed by atoms with Crippen molar-refractivity contribution < 1.29 is 9.53 Å². The summed E-state index contributed by atoms with van der Waals surface area (Å²) in [4.78, 5) is 13.7. The van der Waals surface area contributed by atoms with Crippen molar-refractivity contribution in [3.05, 3.63) is 65.2 Å². The highest BCUT2D eigenvalue weighted by molar-refractivity contribution is 6.30. The van der Waals surface area contributed by atoms with Crippen LogP contribution < -0.4 is 9.64 Å². The number of carbonyl (C=O) groups excluding carboxylic acids is 1. The molecule has 0 radical (unpaired) electrons. The number of amides is 1. The lowest BCUT2D eigenvalue weighted by molar-refractivity contribution is -0.113. The minimum atomic E-state index is -0.113. The lowest BCUT2D eigenvalue weighted by Gasteiger charge is -2.16. The second kappa shape index (κ2) is 6.95. The Hall–Kier alpha value is -2.26. The molecule has 1 amide bonds. The average molecular weight is 302 g/mol. The summed E-state index contributed by atoms with van der Waals surface area (Å²) in [7, 11) is 3.32. The van der Waals surface area contributed by atoms with E-state index in [1.54, 1.807) is 37.3 Å². The maximum Gasteiger partial charge on any atom is 0.250 e. The number of carbonyl (C=O) groups is 1. The smallest absolute Gasteiger partial charge is 0.250 e. The fourth-order valence-electron chi connectivity index (χ4n) is 1.80. The standard InChI is InChI=1S/C17H16ClNO2/c1-19(15-4-3-5-16(12-15)21-2)17(20)11-8-13-6-9-14(18)10-7-13/h3-12H,1-2H3/b11-8+. The fourth-order valence-corrected chi connectivity index (χ4v) is 1.93. The minimum absolute atomic E-state index is 0.113. The molecule has 3 nitrogen and oxygen atoms in total. The van der Waals surface area contributed by atoms with Crippen molar-refractivity contribution in [2.75, 3.05) is 19.1 Å². The van der Waals surface area contributed by atoms with E-state index >= 15 is 0 Å². The van der Waals surface area contributed by atoms with Gasteiger partial charge in [0.1, 0.15) is 5.75 Å². The molecular weight excluding hydrogens is 286 g/mol. The van der Waals surface area contributed by atoms with Gasteiger partial charge in [-0.15, -0.1) is 0 Å². The quantitative estimate of drug-likeness (QED) is 0.798. The molecule has 0 spiro atoms. The molecule has 0 aliphatic rings. The Morgan fingerprint density at radius 1 is 1.19 bits per heavy atom. The number of anilines is 1. The summed E-state index contributed by atoms with van der Waals surface area (Å²) in [5.74, 6) is 0.604. The van der Waals surface area contributed by atoms with Crippen molar-refractivity contribution in [2.45, 2.75) is 0 Å². The third-order valence-corrected chi connectivity index (χ3v) is 3.31. The largest absolute Gasteiger partial charge is 0.497 e. The predicted octanol–water partition coefficient (Wildman–Crippen LogP) is 4.02. The lowest BCUT2D eigenvalue weighted by atomic mass is 10.2. The first-order valence-corrected chi connectivity index (χ1v) is 6.83. The lowest BCUT2D eigenvalue weighted by Crippen LogP contribution is -2.23. The highest BCUT2D eigenvalue weighted by Gasteiger charge is 2.08. The Kier molecular flexibility index (Phi) is 5.01. The maximum absolute atomic E-state index is 12.2. The molecule has 2 aromatic rings. The SMILES string of the molecule is COc1cccc(N(C)C(=O)/C=C/c2ccc(Cl)cc2)c1. The van der Waals surface area contributed by atoms with Crippen molar-refractivity contribution in [1.82, 2.24) is 0 Å². The van der Waals surface area contributed by atoms with Crippen LogP contribution in [0.15, 0.2) is 54.6 Å². The fraction of sp³-hybridized carbons (Fsp3) is 0.118. The topological polar surface area (TPSA) is 29.5 Å². The summed E-state index contributed by atoms with van der Waals surface area (Å²) in [5.41, 5.74) is 1.70. The van der Waals surface area contributed by atoms with Gasteiger partial charge in [0, 0.05) is 29.9 Å². The zero-order chi connectivity index (χ0) is 15.2. The second-order valence-electron chi connectivity index (χ2n) is 4.48. The molecule has 108 valence electrons. The van der Waals surface area contributed by atoms with E-state index < -0.39 is 0 Å². The Morgan fingerprint density at radius 2 is 1.90 bits per heavy atom. The number of halogens is 1. The van der Waals surface area contributed by atoms with Crippen molar-refractivity contribution in [3.63, 3.8) is 0 Å². The first-order valence-electron chi connectivity index (χ1n) is 6.45. The van der Waals surface area contributed by atoms with Crippen molar-refractivity contribution in [3.8, 4) is 5.75 Å². The molecule has 0 unspecified atom stereocenters. The highest BCUT2D eigenvalue weighted by Crippen LogP contribution is 2.20. The first-order chi connectivity index (χ1) is 10.1. The molecule has 4 heteroatoms. The van der Waals surface area contributed by atoms with E-state index in [4.69, 9.17) is 16.3 Å². The Balaban J connectivity index is 2.10. The number of methoxy groups -OCH3 is 1. The molecule has 21 heavy (non-hydrogen) atoms. The molecule has 2 rings (SSSR count). The van der Waals surface area contributed by atoms with Crippen LogP contribution in [0.5, 0.6) is 5.75 Å². The third kappa shape index (κ3) is 4.10. The van der Waals surface area contributed by atoms with Gasteiger partial charge in [0.15, 0.2) is 0 Å². The van der Waals surface area contributed by atoms with E-state index in [2.05, 4.69) is 0 Å². The van der Waals surface area contributed by atoms with Gasteiger partial charge in [-0.1, -0.05) is 29.8 Å². The van der Waals surface area contributed by atoms with E-state index in [9.17, 15) is 4.79 Å². The van der Waals surface area contributed by atoms with Gasteiger partial charge in [0.05, 0.1) is 7.11 Å². The van der Waals surface area contributed by atoms with Crippen molar-refractivity contribution in [2.24, 2.45) is 0 Å². The summed E-state index contributed by atoms with van der Waals surface area (Å²) in [6.07, 6.45) is 3.29. The molecule has 0 bridgehead atoms.